The van der Waals surface area contributed by atoms with Crippen molar-refractivity contribution >= 4 is 37.3 Å². The number of aliphatic hydroxyl groups is 2. The summed E-state index contributed by atoms with van der Waals surface area (Å²) in [6.07, 6.45) is 6.42. The van der Waals surface area contributed by atoms with Crippen molar-refractivity contribution in [2.24, 2.45) is 17.8 Å². The normalized spacial score (nSPS) is 28.3. The Balaban J connectivity index is 0. The van der Waals surface area contributed by atoms with Crippen molar-refractivity contribution in [3.63, 3.8) is 0 Å². The molecule has 0 amide bonds. The van der Waals surface area contributed by atoms with Crippen molar-refractivity contribution in [1.82, 2.24) is 4.90 Å². The fraction of sp³-hybridized carbons (Fsp3) is 0.787. The molecule has 64 heavy (non-hydrogen) atoms. The van der Waals surface area contributed by atoms with E-state index in [4.69, 9.17) is 47.8 Å². The van der Waals surface area contributed by atoms with Gasteiger partial charge in [0.15, 0.2) is 24.3 Å². The van der Waals surface area contributed by atoms with E-state index in [1.165, 1.54) is 13.8 Å². The molecule has 0 aromatic rings. The molecule has 15 unspecified atom stereocenters. The quantitative estimate of drug-likeness (QED) is 0.0572. The van der Waals surface area contributed by atoms with Crippen LogP contribution in [-0.2, 0) is 66.7 Å². The van der Waals surface area contributed by atoms with Crippen molar-refractivity contribution in [1.29, 1.82) is 0 Å². The van der Waals surface area contributed by atoms with Crippen molar-refractivity contribution in [3.8, 4) is 0 Å². The minimum Gasteiger partial charge on any atom is -0.462 e. The molecule has 2 heterocycles. The first kappa shape index (κ1) is 62.7. The van der Waals surface area contributed by atoms with Crippen LogP contribution in [0.15, 0.2) is 24.3 Å². The Morgan fingerprint density at radius 2 is 1.53 bits per heavy atom. The number of likely N-dealkylation sites (N-methyl/N-ethyl adjacent to an activating group) is 1. The summed E-state index contributed by atoms with van der Waals surface area (Å²) in [5.74, 6) is -1.05. The number of nitrogens with zero attached hydrogens (tertiary/aromatic N) is 1. The van der Waals surface area contributed by atoms with Gasteiger partial charge in [-0.15, -0.1) is 0 Å². The number of allylic oxidation sites excluding steroid dienone is 3. The first-order valence-electron chi connectivity index (χ1n) is 22.2. The Morgan fingerprint density at radius 3 is 2.03 bits per heavy atom. The predicted molar refractivity (Wildman–Crippen MR) is 241 cm³/mol. The van der Waals surface area contributed by atoms with Crippen LogP contribution in [0.4, 0.5) is 0 Å². The van der Waals surface area contributed by atoms with Gasteiger partial charge in [-0.2, -0.15) is 0 Å². The van der Waals surface area contributed by atoms with Gasteiger partial charge in [0.25, 0.3) is 0 Å². The highest BCUT2D eigenvalue weighted by atomic mass is 16.7. The molecule has 0 radical (unpaired) electrons. The summed E-state index contributed by atoms with van der Waals surface area (Å²) in [6, 6.07) is -0.581. The molecule has 17 heteroatoms. The van der Waals surface area contributed by atoms with Crippen LogP contribution < -0.4 is 0 Å². The van der Waals surface area contributed by atoms with Crippen LogP contribution in [0.25, 0.3) is 0 Å². The maximum atomic E-state index is 12.1. The lowest BCUT2D eigenvalue weighted by molar-refractivity contribution is -0.340. The van der Waals surface area contributed by atoms with Gasteiger partial charge >= 0.3 is 17.9 Å². The third-order valence-corrected chi connectivity index (χ3v) is 11.0. The van der Waals surface area contributed by atoms with Crippen molar-refractivity contribution in [3.05, 3.63) is 24.3 Å². The first-order valence-corrected chi connectivity index (χ1v) is 22.2. The van der Waals surface area contributed by atoms with E-state index < -0.39 is 66.7 Å². The van der Waals surface area contributed by atoms with Crippen LogP contribution in [0.1, 0.15) is 121 Å². The molecule has 0 aromatic heterocycles. The lowest BCUT2D eigenvalue weighted by Crippen LogP contribution is -2.65. The Morgan fingerprint density at radius 1 is 0.922 bits per heavy atom. The molecule has 2 N–H and O–H groups in total. The second-order valence-corrected chi connectivity index (χ2v) is 16.7. The number of carbonyl (C=O) groups is 6. The number of carbonyl (C=O) groups excluding carboxylic acids is 6. The molecule has 372 valence electrons. The van der Waals surface area contributed by atoms with E-state index in [0.29, 0.717) is 32.1 Å². The average Bonchev–Trinajstić information content (AvgIpc) is 3.23. The molecular weight excluding hydrogens is 835 g/mol. The average molecular weight is 918 g/mol. The van der Waals surface area contributed by atoms with Gasteiger partial charge in [-0.1, -0.05) is 52.0 Å². The minimum absolute atomic E-state index is 0.0765. The van der Waals surface area contributed by atoms with E-state index in [2.05, 4.69) is 19.9 Å². The molecule has 2 aliphatic rings. The van der Waals surface area contributed by atoms with E-state index in [9.17, 15) is 29.1 Å². The van der Waals surface area contributed by atoms with E-state index in [1.54, 1.807) is 21.0 Å². The zero-order valence-corrected chi connectivity index (χ0v) is 41.3. The SMILES string of the molecule is C=O.CCC(OC1OC(C)C(OC2CC(C)(OC(C)=O)C(OC(C)=O)C(C)O2)C(N(C)C)C1O)C(CC=O)CC(C)C(C)/C=C/C=C/CC(C)OC(=O)CC(C)OC.CCC=O.CO. The third-order valence-electron chi connectivity index (χ3n) is 11.0. The van der Waals surface area contributed by atoms with Gasteiger partial charge in [-0.3, -0.25) is 14.4 Å². The standard InChI is InChI=1S/C42H71NO13.C3H6O.CH4O.CH2O/c1-14-34(33(20-21-44)22-26(3)25(2)18-16-15-17-19-27(4)50-35(47)23-28(5)49-13)54-41-38(48)37(43(11)12)39(29(6)52-41)55-36-24-42(10,56-32(9)46)40(30(7)51-36)53-31(8)45;1-2-3-4;2*1-2/h15-18,21,25-30,33-34,36-41,48H,14,19-20,22-24H2,1-13H3;3H,2H2,1H3;2H,1H3;1H2/b17-15+,18-16+;;;. The summed E-state index contributed by atoms with van der Waals surface area (Å²) in [7, 11) is 6.23. The molecule has 0 aliphatic carbocycles. The smallest absolute Gasteiger partial charge is 0.308 e. The van der Waals surface area contributed by atoms with Gasteiger partial charge in [0, 0.05) is 53.8 Å². The van der Waals surface area contributed by atoms with Gasteiger partial charge in [0.05, 0.1) is 36.9 Å². The lowest BCUT2D eigenvalue weighted by Gasteiger charge is -2.50. The molecule has 2 saturated heterocycles. The molecule has 2 aliphatic heterocycles. The number of hydrogen-bond acceptors (Lipinski definition) is 17. The summed E-state index contributed by atoms with van der Waals surface area (Å²) >= 11 is 0. The largest absolute Gasteiger partial charge is 0.462 e. The summed E-state index contributed by atoms with van der Waals surface area (Å²) in [5, 5.41) is 18.8. The third kappa shape index (κ3) is 22.7. The molecule has 2 rings (SSSR count). The van der Waals surface area contributed by atoms with Crippen molar-refractivity contribution in [2.45, 2.75) is 194 Å². The summed E-state index contributed by atoms with van der Waals surface area (Å²) in [5.41, 5.74) is -1.22. The van der Waals surface area contributed by atoms with Crippen molar-refractivity contribution in [2.75, 3.05) is 28.3 Å². The van der Waals surface area contributed by atoms with Gasteiger partial charge in [-0.25, -0.2) is 0 Å². The number of ether oxygens (including phenoxy) is 8. The van der Waals surface area contributed by atoms with Gasteiger partial charge in [-0.05, 0) is 79.3 Å². The summed E-state index contributed by atoms with van der Waals surface area (Å²) < 4.78 is 47.3. The van der Waals surface area contributed by atoms with Gasteiger partial charge in [0.1, 0.15) is 37.7 Å². The van der Waals surface area contributed by atoms with Gasteiger partial charge in [0.2, 0.25) is 0 Å². The Kier molecular flexibility index (Phi) is 33.3. The maximum absolute atomic E-state index is 12.1. The highest BCUT2D eigenvalue weighted by molar-refractivity contribution is 5.70. The van der Waals surface area contributed by atoms with E-state index in [1.807, 2.05) is 78.6 Å². The second kappa shape index (κ2) is 34.0. The first-order chi connectivity index (χ1) is 30.2. The Labute approximate surface area is 382 Å². The molecule has 0 bridgehead atoms. The van der Waals surface area contributed by atoms with Crippen molar-refractivity contribution < 1.29 is 76.9 Å². The molecule has 15 atom stereocenters. The summed E-state index contributed by atoms with van der Waals surface area (Å²) in [4.78, 5) is 66.9. The molecule has 0 saturated carbocycles. The fourth-order valence-corrected chi connectivity index (χ4v) is 7.64. The monoisotopic (exact) mass is 918 g/mol. The zero-order valence-electron chi connectivity index (χ0n) is 41.3. The highest BCUT2D eigenvalue weighted by Crippen LogP contribution is 2.38. The fourth-order valence-electron chi connectivity index (χ4n) is 7.64. The molecular formula is C47H83NO16. The highest BCUT2D eigenvalue weighted by Gasteiger charge is 2.53. The second-order valence-electron chi connectivity index (χ2n) is 16.7. The number of methoxy groups -OCH3 is 1. The molecule has 2 fully saturated rings. The summed E-state index contributed by atoms with van der Waals surface area (Å²) in [6.45, 7) is 21.6. The number of hydrogen-bond donors (Lipinski definition) is 2. The number of aliphatic hydroxyl groups excluding tert-OH is 2. The number of rotatable bonds is 23. The van der Waals surface area contributed by atoms with Gasteiger partial charge < -0.3 is 67.4 Å². The van der Waals surface area contributed by atoms with Crippen LogP contribution in [0, 0.1) is 17.8 Å². The van der Waals surface area contributed by atoms with Crippen LogP contribution in [0.3, 0.4) is 0 Å². The molecule has 0 aromatic carbocycles. The minimum atomic E-state index is -1.22. The Hall–Kier alpha value is -3.42. The maximum Gasteiger partial charge on any atom is 0.308 e. The molecule has 17 nitrogen and oxygen atoms in total. The van der Waals surface area contributed by atoms with Crippen LogP contribution in [0.5, 0.6) is 0 Å². The Bertz CT molecular complexity index is 1380. The topological polar surface area (TPSA) is 220 Å². The predicted octanol–water partition coefficient (Wildman–Crippen LogP) is 5.34. The van der Waals surface area contributed by atoms with E-state index in [-0.39, 0.29) is 54.9 Å². The van der Waals surface area contributed by atoms with Crippen LogP contribution >= 0.6 is 0 Å². The van der Waals surface area contributed by atoms with E-state index >= 15 is 0 Å². The number of esters is 3. The zero-order chi connectivity index (χ0) is 49.7. The number of aldehydes is 2. The van der Waals surface area contributed by atoms with E-state index in [0.717, 1.165) is 19.7 Å². The molecule has 0 spiro atoms. The lowest BCUT2D eigenvalue weighted by atomic mass is 9.82. The van der Waals surface area contributed by atoms with Crippen LogP contribution in [-0.4, -0.2) is 154 Å². The van der Waals surface area contributed by atoms with Crippen LogP contribution in [0.2, 0.25) is 0 Å².